The van der Waals surface area contributed by atoms with Crippen LogP contribution in [0.2, 0.25) is 10.2 Å². The maximum atomic E-state index is 13.4. The molecule has 112 valence electrons. The molecule has 0 aliphatic rings. The zero-order valence-corrected chi connectivity index (χ0v) is 13.2. The molecule has 1 N–H and O–H groups in total. The van der Waals surface area contributed by atoms with Crippen LogP contribution in [0.25, 0.3) is 0 Å². The van der Waals surface area contributed by atoms with E-state index in [0.29, 0.717) is 11.1 Å². The molecule has 1 aromatic heterocycles. The standard InChI is InChI=1S/C13H11Cl2FN2O2S/c1-8-2-3-9(4-12(8)16)6-18-21(19,20)10-5-11(14)13(15)17-7-10/h2-5,7,18H,6H2,1H3. The van der Waals surface area contributed by atoms with Crippen LogP contribution in [0.1, 0.15) is 11.1 Å². The lowest BCUT2D eigenvalue weighted by Gasteiger charge is -2.08. The minimum Gasteiger partial charge on any atom is -0.242 e. The van der Waals surface area contributed by atoms with E-state index >= 15 is 0 Å². The fourth-order valence-corrected chi connectivity index (χ4v) is 2.88. The van der Waals surface area contributed by atoms with E-state index in [1.54, 1.807) is 19.1 Å². The minimum absolute atomic E-state index is 0.0243. The molecule has 21 heavy (non-hydrogen) atoms. The smallest absolute Gasteiger partial charge is 0.242 e. The van der Waals surface area contributed by atoms with Crippen molar-refractivity contribution in [1.29, 1.82) is 0 Å². The second-order valence-corrected chi connectivity index (χ2v) is 6.88. The molecule has 0 amide bonds. The number of rotatable bonds is 4. The van der Waals surface area contributed by atoms with Crippen molar-refractivity contribution >= 4 is 33.2 Å². The first-order valence-corrected chi connectivity index (χ1v) is 8.09. The van der Waals surface area contributed by atoms with Crippen molar-refractivity contribution in [3.63, 3.8) is 0 Å². The number of hydrogen-bond acceptors (Lipinski definition) is 3. The molecule has 4 nitrogen and oxygen atoms in total. The third-order valence-electron chi connectivity index (χ3n) is 2.78. The van der Waals surface area contributed by atoms with Gasteiger partial charge < -0.3 is 0 Å². The van der Waals surface area contributed by atoms with E-state index in [4.69, 9.17) is 23.2 Å². The molecule has 0 saturated carbocycles. The fraction of sp³-hybridized carbons (Fsp3) is 0.154. The number of nitrogens with zero attached hydrogens (tertiary/aromatic N) is 1. The Morgan fingerprint density at radius 1 is 1.29 bits per heavy atom. The molecule has 0 unspecified atom stereocenters. The number of sulfonamides is 1. The van der Waals surface area contributed by atoms with Crippen LogP contribution in [0, 0.1) is 12.7 Å². The monoisotopic (exact) mass is 348 g/mol. The third kappa shape index (κ3) is 3.91. The summed E-state index contributed by atoms with van der Waals surface area (Å²) in [6.07, 6.45) is 1.10. The molecule has 0 aliphatic heterocycles. The van der Waals surface area contributed by atoms with Crippen molar-refractivity contribution < 1.29 is 12.8 Å². The minimum atomic E-state index is -3.80. The van der Waals surface area contributed by atoms with E-state index < -0.39 is 10.0 Å². The molecule has 8 heteroatoms. The van der Waals surface area contributed by atoms with Gasteiger partial charge in [-0.25, -0.2) is 22.5 Å². The van der Waals surface area contributed by atoms with Gasteiger partial charge in [-0.2, -0.15) is 0 Å². The third-order valence-corrected chi connectivity index (χ3v) is 4.84. The summed E-state index contributed by atoms with van der Waals surface area (Å²) in [5.74, 6) is -0.386. The van der Waals surface area contributed by atoms with Crippen molar-refractivity contribution in [1.82, 2.24) is 9.71 Å². The van der Waals surface area contributed by atoms with Crippen LogP contribution in [-0.4, -0.2) is 13.4 Å². The quantitative estimate of drug-likeness (QED) is 0.862. The Hall–Kier alpha value is -1.21. The van der Waals surface area contributed by atoms with Crippen molar-refractivity contribution in [3.8, 4) is 0 Å². The average molecular weight is 349 g/mol. The van der Waals surface area contributed by atoms with Gasteiger partial charge in [0.15, 0.2) is 0 Å². The molecule has 0 aliphatic carbocycles. The Balaban J connectivity index is 2.17. The Morgan fingerprint density at radius 2 is 2.00 bits per heavy atom. The van der Waals surface area contributed by atoms with Gasteiger partial charge >= 0.3 is 0 Å². The van der Waals surface area contributed by atoms with Crippen LogP contribution >= 0.6 is 23.2 Å². The molecule has 0 atom stereocenters. The van der Waals surface area contributed by atoms with E-state index in [1.807, 2.05) is 0 Å². The van der Waals surface area contributed by atoms with Gasteiger partial charge in [0.2, 0.25) is 10.0 Å². The normalized spacial score (nSPS) is 11.6. The molecule has 0 bridgehead atoms. The molecule has 0 fully saturated rings. The summed E-state index contributed by atoms with van der Waals surface area (Å²) in [4.78, 5) is 3.57. The van der Waals surface area contributed by atoms with Crippen molar-refractivity contribution in [2.75, 3.05) is 0 Å². The number of hydrogen-bond donors (Lipinski definition) is 1. The van der Waals surface area contributed by atoms with Crippen molar-refractivity contribution in [2.24, 2.45) is 0 Å². The molecule has 1 aromatic carbocycles. The highest BCUT2D eigenvalue weighted by Crippen LogP contribution is 2.22. The first-order chi connectivity index (χ1) is 9.79. The predicted octanol–water partition coefficient (Wildman–Crippen LogP) is 3.31. The predicted molar refractivity (Wildman–Crippen MR) is 79.4 cm³/mol. The van der Waals surface area contributed by atoms with Crippen molar-refractivity contribution in [3.05, 3.63) is 57.6 Å². The highest BCUT2D eigenvalue weighted by Gasteiger charge is 2.16. The van der Waals surface area contributed by atoms with Gasteiger partial charge in [0.05, 0.1) is 5.02 Å². The molecule has 0 saturated heterocycles. The summed E-state index contributed by atoms with van der Waals surface area (Å²) in [5, 5.41) is 0.0668. The summed E-state index contributed by atoms with van der Waals surface area (Å²) >= 11 is 11.4. The average Bonchev–Trinajstić information content (AvgIpc) is 2.43. The highest BCUT2D eigenvalue weighted by atomic mass is 35.5. The van der Waals surface area contributed by atoms with E-state index in [0.717, 1.165) is 6.20 Å². The van der Waals surface area contributed by atoms with Gasteiger partial charge in [-0.1, -0.05) is 35.3 Å². The maximum Gasteiger partial charge on any atom is 0.242 e. The topological polar surface area (TPSA) is 59.1 Å². The van der Waals surface area contributed by atoms with Crippen LogP contribution in [-0.2, 0) is 16.6 Å². The lowest BCUT2D eigenvalue weighted by Crippen LogP contribution is -2.23. The van der Waals surface area contributed by atoms with Crippen LogP contribution in [0.4, 0.5) is 4.39 Å². The SMILES string of the molecule is Cc1ccc(CNS(=O)(=O)c2cnc(Cl)c(Cl)c2)cc1F. The number of halogens is 3. The maximum absolute atomic E-state index is 13.4. The van der Waals surface area contributed by atoms with Gasteiger partial charge in [-0.3, -0.25) is 0 Å². The first kappa shape index (κ1) is 16.2. The second kappa shape index (κ2) is 6.27. The van der Waals surface area contributed by atoms with Crippen LogP contribution in [0.5, 0.6) is 0 Å². The van der Waals surface area contributed by atoms with Crippen LogP contribution in [0.3, 0.4) is 0 Å². The number of aryl methyl sites for hydroxylation is 1. The van der Waals surface area contributed by atoms with Crippen LogP contribution in [0.15, 0.2) is 35.4 Å². The summed E-state index contributed by atoms with van der Waals surface area (Å²) < 4.78 is 39.9. The largest absolute Gasteiger partial charge is 0.242 e. The molecule has 0 radical (unpaired) electrons. The zero-order chi connectivity index (χ0) is 15.6. The van der Waals surface area contributed by atoms with Gasteiger partial charge in [0, 0.05) is 12.7 Å². The van der Waals surface area contributed by atoms with Crippen molar-refractivity contribution in [2.45, 2.75) is 18.4 Å². The van der Waals surface area contributed by atoms with E-state index in [2.05, 4.69) is 9.71 Å². The number of nitrogens with one attached hydrogen (secondary N) is 1. The molecule has 2 rings (SSSR count). The van der Waals surface area contributed by atoms with E-state index in [1.165, 1.54) is 12.1 Å². The van der Waals surface area contributed by atoms with Gasteiger partial charge in [0.25, 0.3) is 0 Å². The Bertz CT molecular complexity index is 782. The lowest BCUT2D eigenvalue weighted by molar-refractivity contribution is 0.579. The molecular weight excluding hydrogens is 338 g/mol. The zero-order valence-electron chi connectivity index (χ0n) is 10.9. The fourth-order valence-electron chi connectivity index (χ4n) is 1.56. The van der Waals surface area contributed by atoms with Gasteiger partial charge in [-0.05, 0) is 30.2 Å². The van der Waals surface area contributed by atoms with Crippen LogP contribution < -0.4 is 4.72 Å². The van der Waals surface area contributed by atoms with E-state index in [9.17, 15) is 12.8 Å². The molecular formula is C13H11Cl2FN2O2S. The first-order valence-electron chi connectivity index (χ1n) is 5.85. The lowest BCUT2D eigenvalue weighted by atomic mass is 10.1. The van der Waals surface area contributed by atoms with E-state index in [-0.39, 0.29) is 27.4 Å². The summed E-state index contributed by atoms with van der Waals surface area (Å²) in [5.41, 5.74) is 1.00. The number of pyridine rings is 1. The molecule has 1 heterocycles. The summed E-state index contributed by atoms with van der Waals surface area (Å²) in [6.45, 7) is 1.59. The second-order valence-electron chi connectivity index (χ2n) is 4.35. The highest BCUT2D eigenvalue weighted by molar-refractivity contribution is 7.89. The summed E-state index contributed by atoms with van der Waals surface area (Å²) in [7, 11) is -3.80. The van der Waals surface area contributed by atoms with Gasteiger partial charge in [-0.15, -0.1) is 0 Å². The Morgan fingerprint density at radius 3 is 2.62 bits per heavy atom. The molecule has 0 spiro atoms. The number of aromatic nitrogens is 1. The molecule has 2 aromatic rings. The Kier molecular flexibility index (Phi) is 4.83. The Labute approximate surface area is 132 Å². The van der Waals surface area contributed by atoms with Gasteiger partial charge in [0.1, 0.15) is 15.9 Å². The number of benzene rings is 1. The summed E-state index contributed by atoms with van der Waals surface area (Å²) in [6, 6.07) is 5.72.